The Morgan fingerprint density at radius 2 is 2.19 bits per heavy atom. The van der Waals surface area contributed by atoms with Gasteiger partial charge in [-0.15, -0.1) is 0 Å². The molecule has 0 spiro atoms. The van der Waals surface area contributed by atoms with Crippen LogP contribution >= 0.6 is 0 Å². The maximum absolute atomic E-state index is 12.4. The van der Waals surface area contributed by atoms with Gasteiger partial charge in [-0.25, -0.2) is 0 Å². The van der Waals surface area contributed by atoms with Crippen molar-refractivity contribution in [3.8, 4) is 6.07 Å². The van der Waals surface area contributed by atoms with E-state index in [1.807, 2.05) is 38.1 Å². The van der Waals surface area contributed by atoms with Crippen molar-refractivity contribution in [3.63, 3.8) is 0 Å². The largest absolute Gasteiger partial charge is 0.311 e. The van der Waals surface area contributed by atoms with Crippen LogP contribution in [-0.2, 0) is 4.79 Å². The van der Waals surface area contributed by atoms with Crippen LogP contribution < -0.4 is 4.90 Å². The van der Waals surface area contributed by atoms with Gasteiger partial charge in [0.05, 0.1) is 12.5 Å². The first-order chi connectivity index (χ1) is 9.95. The first-order valence-electron chi connectivity index (χ1n) is 6.84. The van der Waals surface area contributed by atoms with Gasteiger partial charge in [0.15, 0.2) is 0 Å². The minimum Gasteiger partial charge on any atom is -0.311 e. The van der Waals surface area contributed by atoms with Gasteiger partial charge in [0.1, 0.15) is 5.92 Å². The first-order valence-corrected chi connectivity index (χ1v) is 6.84. The van der Waals surface area contributed by atoms with Crippen molar-refractivity contribution in [2.45, 2.75) is 32.7 Å². The molecule has 21 heavy (non-hydrogen) atoms. The summed E-state index contributed by atoms with van der Waals surface area (Å²) >= 11 is 0. The zero-order valence-corrected chi connectivity index (χ0v) is 12.1. The fourth-order valence-corrected chi connectivity index (χ4v) is 2.30. The van der Waals surface area contributed by atoms with Crippen LogP contribution in [0.2, 0.25) is 0 Å². The molecule has 0 N–H and O–H groups in total. The Kier molecular flexibility index (Phi) is 4.22. The minimum absolute atomic E-state index is 0.203. The highest BCUT2D eigenvalue weighted by Gasteiger charge is 2.54. The van der Waals surface area contributed by atoms with E-state index < -0.39 is 16.9 Å². The molecule has 0 aromatic heterocycles. The normalized spacial score (nSPS) is 19.7. The van der Waals surface area contributed by atoms with Crippen molar-refractivity contribution in [1.82, 2.24) is 0 Å². The van der Waals surface area contributed by atoms with Gasteiger partial charge < -0.3 is 4.90 Å². The number of aryl methyl sites for hydroxylation is 2. The Labute approximate surface area is 123 Å². The van der Waals surface area contributed by atoms with Crippen molar-refractivity contribution in [2.75, 3.05) is 11.4 Å². The molecule has 0 heterocycles. The summed E-state index contributed by atoms with van der Waals surface area (Å²) < 4.78 is 0. The Morgan fingerprint density at radius 3 is 2.71 bits per heavy atom. The Bertz CT molecular complexity index is 621. The van der Waals surface area contributed by atoms with Gasteiger partial charge in [0, 0.05) is 23.6 Å². The van der Waals surface area contributed by atoms with E-state index in [4.69, 9.17) is 5.26 Å². The van der Waals surface area contributed by atoms with Crippen molar-refractivity contribution in [1.29, 1.82) is 5.26 Å². The van der Waals surface area contributed by atoms with Gasteiger partial charge >= 0.3 is 0 Å². The van der Waals surface area contributed by atoms with Crippen LogP contribution in [0, 0.1) is 41.2 Å². The van der Waals surface area contributed by atoms with Crippen LogP contribution in [0.25, 0.3) is 0 Å². The highest BCUT2D eigenvalue weighted by Crippen LogP contribution is 2.36. The molecule has 1 aromatic carbocycles. The Hall–Kier alpha value is -2.42. The van der Waals surface area contributed by atoms with Crippen LogP contribution in [0.5, 0.6) is 0 Å². The van der Waals surface area contributed by atoms with E-state index in [9.17, 15) is 14.9 Å². The summed E-state index contributed by atoms with van der Waals surface area (Å²) in [6.07, 6.45) is 0.494. The Morgan fingerprint density at radius 1 is 1.48 bits per heavy atom. The lowest BCUT2D eigenvalue weighted by molar-refractivity contribution is -0.497. The molecule has 0 radical (unpaired) electrons. The highest BCUT2D eigenvalue weighted by molar-refractivity contribution is 5.97. The molecule has 1 fully saturated rings. The molecule has 0 saturated heterocycles. The first kappa shape index (κ1) is 15.0. The molecule has 0 unspecified atom stereocenters. The number of hydrogen-bond donors (Lipinski definition) is 0. The number of anilines is 1. The molecule has 2 atom stereocenters. The number of rotatable bonds is 5. The lowest BCUT2D eigenvalue weighted by atomic mass is 10.1. The number of amides is 1. The summed E-state index contributed by atoms with van der Waals surface area (Å²) in [4.78, 5) is 24.3. The smallest absolute Gasteiger partial charge is 0.237 e. The highest BCUT2D eigenvalue weighted by atomic mass is 16.6. The molecule has 6 nitrogen and oxygen atoms in total. The van der Waals surface area contributed by atoms with Gasteiger partial charge in [-0.1, -0.05) is 6.07 Å². The number of carbonyl (C=O) groups excluding carboxylic acids is 1. The third kappa shape index (κ3) is 3.19. The van der Waals surface area contributed by atoms with E-state index >= 15 is 0 Å². The molecule has 1 amide bonds. The predicted molar refractivity (Wildman–Crippen MR) is 77.4 cm³/mol. The molecule has 1 aliphatic carbocycles. The van der Waals surface area contributed by atoms with Gasteiger partial charge in [-0.3, -0.25) is 14.9 Å². The summed E-state index contributed by atoms with van der Waals surface area (Å²) in [5.41, 5.74) is 2.86. The van der Waals surface area contributed by atoms with Crippen LogP contribution in [-0.4, -0.2) is 23.4 Å². The van der Waals surface area contributed by atoms with E-state index in [0.717, 1.165) is 11.1 Å². The van der Waals surface area contributed by atoms with E-state index in [0.29, 0.717) is 12.1 Å². The van der Waals surface area contributed by atoms with Gasteiger partial charge in [-0.05, 0) is 37.1 Å². The van der Waals surface area contributed by atoms with Crippen molar-refractivity contribution >= 4 is 11.6 Å². The van der Waals surface area contributed by atoms with Crippen LogP contribution in [0.3, 0.4) is 0 Å². The number of nitrogens with zero attached hydrogens (tertiary/aromatic N) is 3. The monoisotopic (exact) mass is 287 g/mol. The Balaban J connectivity index is 2.22. The van der Waals surface area contributed by atoms with Gasteiger partial charge in [0.25, 0.3) is 0 Å². The average molecular weight is 287 g/mol. The lowest BCUT2D eigenvalue weighted by Gasteiger charge is -2.22. The number of carbonyl (C=O) groups is 1. The lowest BCUT2D eigenvalue weighted by Crippen LogP contribution is -2.34. The summed E-state index contributed by atoms with van der Waals surface area (Å²) in [6.45, 7) is 4.19. The van der Waals surface area contributed by atoms with E-state index in [1.54, 1.807) is 0 Å². The molecule has 0 bridgehead atoms. The van der Waals surface area contributed by atoms with E-state index in [-0.39, 0.29) is 18.9 Å². The predicted octanol–water partition coefficient (Wildman–Crippen LogP) is 2.22. The molecule has 1 saturated carbocycles. The average Bonchev–Trinajstić information content (AvgIpc) is 3.23. The number of nitro groups is 1. The van der Waals surface area contributed by atoms with E-state index in [1.165, 1.54) is 4.90 Å². The molecule has 1 aliphatic rings. The quantitative estimate of drug-likeness (QED) is 0.613. The zero-order valence-electron chi connectivity index (χ0n) is 12.1. The van der Waals surface area contributed by atoms with Crippen LogP contribution in [0.4, 0.5) is 5.69 Å². The molecule has 110 valence electrons. The van der Waals surface area contributed by atoms with Crippen LogP contribution in [0.15, 0.2) is 18.2 Å². The summed E-state index contributed by atoms with van der Waals surface area (Å²) in [5, 5.41) is 19.5. The van der Waals surface area contributed by atoms with Gasteiger partial charge in [-0.2, -0.15) is 5.26 Å². The maximum Gasteiger partial charge on any atom is 0.237 e. The second-order valence-corrected chi connectivity index (χ2v) is 5.36. The summed E-state index contributed by atoms with van der Waals surface area (Å²) in [5.74, 6) is -0.810. The van der Waals surface area contributed by atoms with E-state index in [2.05, 4.69) is 0 Å². The number of benzene rings is 1. The third-order valence-corrected chi connectivity index (χ3v) is 3.86. The SMILES string of the molecule is Cc1ccc(N(CCC#N)C(=O)[C@@H]2C[C@@H]2[N+](=O)[O-])cc1C. The standard InChI is InChI=1S/C15H17N3O3/c1-10-4-5-12(8-11(10)2)17(7-3-6-16)15(19)13-9-14(13)18(20)21/h4-5,8,13-14H,3,7,9H2,1-2H3/t13-,14+/m1/s1. The summed E-state index contributed by atoms with van der Waals surface area (Å²) in [7, 11) is 0. The second-order valence-electron chi connectivity index (χ2n) is 5.36. The fourth-order valence-electron chi connectivity index (χ4n) is 2.30. The number of hydrogen-bond acceptors (Lipinski definition) is 4. The maximum atomic E-state index is 12.4. The van der Waals surface area contributed by atoms with Crippen molar-refractivity contribution < 1.29 is 9.72 Å². The summed E-state index contributed by atoms with van der Waals surface area (Å²) in [6, 6.07) is 6.86. The second kappa shape index (κ2) is 5.92. The zero-order chi connectivity index (χ0) is 15.6. The van der Waals surface area contributed by atoms with Crippen molar-refractivity contribution in [2.24, 2.45) is 5.92 Å². The molecule has 1 aromatic rings. The third-order valence-electron chi connectivity index (χ3n) is 3.86. The van der Waals surface area contributed by atoms with Crippen molar-refractivity contribution in [3.05, 3.63) is 39.4 Å². The minimum atomic E-state index is -0.770. The fraction of sp³-hybridized carbons (Fsp3) is 0.467. The molecule has 2 rings (SSSR count). The molecular weight excluding hydrogens is 270 g/mol. The van der Waals surface area contributed by atoms with Gasteiger partial charge in [0.2, 0.25) is 11.9 Å². The number of nitriles is 1. The topological polar surface area (TPSA) is 87.2 Å². The molecule has 6 heteroatoms. The van der Waals surface area contributed by atoms with Crippen LogP contribution in [0.1, 0.15) is 24.0 Å². The molecule has 0 aliphatic heterocycles. The molecular formula is C15H17N3O3.